The van der Waals surface area contributed by atoms with E-state index in [-0.39, 0.29) is 17.9 Å². The molecule has 1 atom stereocenters. The van der Waals surface area contributed by atoms with Gasteiger partial charge in [0.15, 0.2) is 0 Å². The van der Waals surface area contributed by atoms with Crippen LogP contribution in [0.3, 0.4) is 0 Å². The van der Waals surface area contributed by atoms with Crippen molar-refractivity contribution in [3.63, 3.8) is 0 Å². The summed E-state index contributed by atoms with van der Waals surface area (Å²) in [6, 6.07) is 3.80. The van der Waals surface area contributed by atoms with E-state index in [2.05, 4.69) is 10.3 Å². The highest BCUT2D eigenvalue weighted by Crippen LogP contribution is 2.37. The molecule has 1 aliphatic rings. The van der Waals surface area contributed by atoms with Crippen LogP contribution in [0.25, 0.3) is 10.2 Å². The number of hydrogen-bond acceptors (Lipinski definition) is 7. The average Bonchev–Trinajstić information content (AvgIpc) is 3.07. The Morgan fingerprint density at radius 1 is 1.46 bits per heavy atom. The van der Waals surface area contributed by atoms with Crippen LogP contribution in [0, 0.1) is 0 Å². The Balaban J connectivity index is 1.89. The molecule has 2 amide bonds. The monoisotopic (exact) mass is 406 g/mol. The second-order valence-corrected chi connectivity index (χ2v) is 7.89. The van der Waals surface area contributed by atoms with E-state index in [0.29, 0.717) is 44.3 Å². The lowest BCUT2D eigenvalue weighted by Gasteiger charge is -2.34. The van der Waals surface area contributed by atoms with E-state index in [9.17, 15) is 9.59 Å². The van der Waals surface area contributed by atoms with Gasteiger partial charge in [-0.05, 0) is 20.2 Å². The fourth-order valence-corrected chi connectivity index (χ4v) is 4.32. The zero-order valence-electron chi connectivity index (χ0n) is 16.4. The molecule has 9 heteroatoms. The van der Waals surface area contributed by atoms with Gasteiger partial charge < -0.3 is 24.6 Å². The molecule has 2 aromatic rings. The number of morpholine rings is 1. The maximum atomic E-state index is 12.8. The number of rotatable bonds is 7. The molecule has 8 nitrogen and oxygen atoms in total. The smallest absolute Gasteiger partial charge is 0.261 e. The number of likely N-dealkylation sites (N-methyl/N-ethyl adjacent to an activating group) is 1. The highest BCUT2D eigenvalue weighted by molar-refractivity contribution is 7.20. The summed E-state index contributed by atoms with van der Waals surface area (Å²) >= 11 is 1.35. The van der Waals surface area contributed by atoms with Crippen LogP contribution < -0.4 is 5.32 Å². The van der Waals surface area contributed by atoms with E-state index in [1.54, 1.807) is 18.2 Å². The minimum Gasteiger partial charge on any atom is -0.383 e. The number of carbonyl (C=O) groups is 2. The zero-order valence-corrected chi connectivity index (χ0v) is 17.3. The van der Waals surface area contributed by atoms with Crippen molar-refractivity contribution in [2.24, 2.45) is 0 Å². The molecule has 0 saturated carbocycles. The topological polar surface area (TPSA) is 84.0 Å². The Bertz CT molecular complexity index is 838. The van der Waals surface area contributed by atoms with Crippen LogP contribution in [0.5, 0.6) is 0 Å². The molecule has 1 N–H and O–H groups in total. The SMILES string of the molecule is COCCNC(=O)c1sc2ncccc2c1C1CN(C(=O)CN(C)C)CCO1. The molecule has 0 bridgehead atoms. The summed E-state index contributed by atoms with van der Waals surface area (Å²) in [6.07, 6.45) is 1.35. The third kappa shape index (κ3) is 4.67. The van der Waals surface area contributed by atoms with E-state index in [1.807, 2.05) is 31.1 Å². The highest BCUT2D eigenvalue weighted by Gasteiger charge is 2.31. The number of methoxy groups -OCH3 is 1. The van der Waals surface area contributed by atoms with Crippen LogP contribution >= 0.6 is 11.3 Å². The van der Waals surface area contributed by atoms with Crippen molar-refractivity contribution in [1.82, 2.24) is 20.1 Å². The molecular formula is C19H26N4O4S. The summed E-state index contributed by atoms with van der Waals surface area (Å²) in [5.41, 5.74) is 0.811. The molecule has 2 aromatic heterocycles. The van der Waals surface area contributed by atoms with Gasteiger partial charge in [0.1, 0.15) is 15.8 Å². The van der Waals surface area contributed by atoms with Gasteiger partial charge in [-0.15, -0.1) is 11.3 Å². The normalized spacial score (nSPS) is 17.3. The molecular weight excluding hydrogens is 380 g/mol. The molecule has 0 spiro atoms. The number of nitrogens with one attached hydrogen (secondary N) is 1. The third-order valence-electron chi connectivity index (χ3n) is 4.50. The van der Waals surface area contributed by atoms with Crippen molar-refractivity contribution in [2.75, 3.05) is 60.6 Å². The molecule has 0 radical (unpaired) electrons. The number of ether oxygens (including phenoxy) is 2. The lowest BCUT2D eigenvalue weighted by molar-refractivity contribution is -0.139. The lowest BCUT2D eigenvalue weighted by atomic mass is 10.0. The van der Waals surface area contributed by atoms with Crippen LogP contribution in [0.15, 0.2) is 18.3 Å². The minimum absolute atomic E-state index is 0.0575. The van der Waals surface area contributed by atoms with Gasteiger partial charge in [0, 0.05) is 37.3 Å². The second-order valence-electron chi connectivity index (χ2n) is 6.89. The Kier molecular flexibility index (Phi) is 6.95. The summed E-state index contributed by atoms with van der Waals surface area (Å²) in [7, 11) is 5.34. The van der Waals surface area contributed by atoms with Crippen LogP contribution in [0.1, 0.15) is 21.3 Å². The molecule has 1 aliphatic heterocycles. The highest BCUT2D eigenvalue weighted by atomic mass is 32.1. The number of hydrogen-bond donors (Lipinski definition) is 1. The van der Waals surface area contributed by atoms with Crippen LogP contribution in [-0.4, -0.2) is 87.2 Å². The van der Waals surface area contributed by atoms with E-state index >= 15 is 0 Å². The fraction of sp³-hybridized carbons (Fsp3) is 0.526. The Morgan fingerprint density at radius 3 is 3.04 bits per heavy atom. The van der Waals surface area contributed by atoms with Crippen molar-refractivity contribution in [3.8, 4) is 0 Å². The molecule has 28 heavy (non-hydrogen) atoms. The Labute approximate surface area is 168 Å². The first-order valence-electron chi connectivity index (χ1n) is 9.20. The molecule has 3 heterocycles. The third-order valence-corrected chi connectivity index (χ3v) is 5.62. The maximum Gasteiger partial charge on any atom is 0.261 e. The number of fused-ring (bicyclic) bond motifs is 1. The van der Waals surface area contributed by atoms with Crippen molar-refractivity contribution >= 4 is 33.4 Å². The van der Waals surface area contributed by atoms with Gasteiger partial charge in [0.25, 0.3) is 5.91 Å². The van der Waals surface area contributed by atoms with Gasteiger partial charge in [-0.3, -0.25) is 9.59 Å². The first kappa shape index (κ1) is 20.7. The molecule has 152 valence electrons. The molecule has 1 saturated heterocycles. The quantitative estimate of drug-likeness (QED) is 0.694. The molecule has 0 aliphatic carbocycles. The number of amides is 2. The van der Waals surface area contributed by atoms with Crippen LogP contribution in [0.4, 0.5) is 0 Å². The number of carbonyl (C=O) groups excluding carboxylic acids is 2. The van der Waals surface area contributed by atoms with Gasteiger partial charge in [0.05, 0.1) is 26.3 Å². The summed E-state index contributed by atoms with van der Waals surface area (Å²) in [4.78, 5) is 34.7. The molecule has 3 rings (SSSR count). The predicted octanol–water partition coefficient (Wildman–Crippen LogP) is 1.13. The number of nitrogens with zero attached hydrogens (tertiary/aromatic N) is 3. The average molecular weight is 407 g/mol. The predicted molar refractivity (Wildman–Crippen MR) is 108 cm³/mol. The van der Waals surface area contributed by atoms with E-state index in [1.165, 1.54) is 11.3 Å². The minimum atomic E-state index is -0.360. The number of aromatic nitrogens is 1. The molecule has 1 unspecified atom stereocenters. The molecule has 0 aromatic carbocycles. The fourth-order valence-electron chi connectivity index (χ4n) is 3.21. The summed E-state index contributed by atoms with van der Waals surface area (Å²) in [5.74, 6) is -0.113. The van der Waals surface area contributed by atoms with Crippen molar-refractivity contribution in [1.29, 1.82) is 0 Å². The first-order chi connectivity index (χ1) is 13.5. The van der Waals surface area contributed by atoms with Crippen molar-refractivity contribution < 1.29 is 19.1 Å². The first-order valence-corrected chi connectivity index (χ1v) is 10.0. The van der Waals surface area contributed by atoms with E-state index in [0.717, 1.165) is 15.8 Å². The molecule has 1 fully saturated rings. The summed E-state index contributed by atoms with van der Waals surface area (Å²) in [6.45, 7) is 2.63. The van der Waals surface area contributed by atoms with E-state index in [4.69, 9.17) is 9.47 Å². The maximum absolute atomic E-state index is 12.8. The van der Waals surface area contributed by atoms with Gasteiger partial charge in [-0.2, -0.15) is 0 Å². The zero-order chi connectivity index (χ0) is 20.1. The summed E-state index contributed by atoms with van der Waals surface area (Å²) in [5, 5.41) is 3.78. The number of thiophene rings is 1. The van der Waals surface area contributed by atoms with Gasteiger partial charge >= 0.3 is 0 Å². The van der Waals surface area contributed by atoms with Crippen LogP contribution in [-0.2, 0) is 14.3 Å². The summed E-state index contributed by atoms with van der Waals surface area (Å²) < 4.78 is 11.0. The van der Waals surface area contributed by atoms with Gasteiger partial charge in [0.2, 0.25) is 5.91 Å². The van der Waals surface area contributed by atoms with Crippen molar-refractivity contribution in [2.45, 2.75) is 6.10 Å². The Hall–Kier alpha value is -2.07. The van der Waals surface area contributed by atoms with Gasteiger partial charge in [-0.25, -0.2) is 4.98 Å². The Morgan fingerprint density at radius 2 is 2.29 bits per heavy atom. The second kappa shape index (κ2) is 9.42. The number of pyridine rings is 1. The largest absolute Gasteiger partial charge is 0.383 e. The van der Waals surface area contributed by atoms with E-state index < -0.39 is 0 Å². The lowest BCUT2D eigenvalue weighted by Crippen LogP contribution is -2.45. The standard InChI is InChI=1S/C19H26N4O4S/c1-22(2)12-15(24)23-8-10-27-14(11-23)16-13-5-4-6-21-19(13)28-17(16)18(25)20-7-9-26-3/h4-6,14H,7-12H2,1-3H3,(H,20,25). The van der Waals surface area contributed by atoms with Gasteiger partial charge in [-0.1, -0.05) is 6.07 Å². The van der Waals surface area contributed by atoms with Crippen molar-refractivity contribution in [3.05, 3.63) is 28.8 Å². The van der Waals surface area contributed by atoms with Crippen LogP contribution in [0.2, 0.25) is 0 Å².